The van der Waals surface area contributed by atoms with Gasteiger partial charge in [-0.25, -0.2) is 0 Å². The van der Waals surface area contributed by atoms with Crippen LogP contribution in [0.2, 0.25) is 0 Å². The van der Waals surface area contributed by atoms with Crippen molar-refractivity contribution in [3.8, 4) is 0 Å². The van der Waals surface area contributed by atoms with E-state index < -0.39 is 6.10 Å². The minimum atomic E-state index is -0.831. The topological polar surface area (TPSA) is 58.6 Å². The molecule has 2 aromatic rings. The Morgan fingerprint density at radius 3 is 2.45 bits per heavy atom. The van der Waals surface area contributed by atoms with Crippen LogP contribution in [-0.4, -0.2) is 17.7 Å². The number of hydrogen-bond donors (Lipinski definition) is 2. The van der Waals surface area contributed by atoms with Crippen molar-refractivity contribution >= 4 is 11.7 Å². The fraction of sp³-hybridized carbons (Fsp3) is 0.278. The van der Waals surface area contributed by atoms with E-state index in [-0.39, 0.29) is 12.4 Å². The predicted molar refractivity (Wildman–Crippen MR) is 86.4 cm³/mol. The van der Waals surface area contributed by atoms with Gasteiger partial charge >= 0.3 is 5.97 Å². The second-order valence-corrected chi connectivity index (χ2v) is 4.99. The number of ether oxygens (including phenoxy) is 1. The molecule has 4 nitrogen and oxygen atoms in total. The number of hydrogen-bond acceptors (Lipinski definition) is 4. The number of carbonyl (C=O) groups is 1. The molecule has 22 heavy (non-hydrogen) atoms. The maximum atomic E-state index is 11.4. The number of carbonyl (C=O) groups excluding carboxylic acids is 1. The van der Waals surface area contributed by atoms with Crippen LogP contribution in [0.3, 0.4) is 0 Å². The van der Waals surface area contributed by atoms with Gasteiger partial charge in [0.15, 0.2) is 0 Å². The Balaban J connectivity index is 1.88. The molecule has 0 aliphatic carbocycles. The van der Waals surface area contributed by atoms with Gasteiger partial charge in [0.25, 0.3) is 0 Å². The summed E-state index contributed by atoms with van der Waals surface area (Å²) < 4.78 is 4.83. The monoisotopic (exact) mass is 299 g/mol. The summed E-state index contributed by atoms with van der Waals surface area (Å²) in [6.07, 6.45) is -0.854. The summed E-state index contributed by atoms with van der Waals surface area (Å²) >= 11 is 0. The zero-order valence-electron chi connectivity index (χ0n) is 12.7. The molecule has 1 atom stereocenters. The van der Waals surface area contributed by atoms with E-state index in [9.17, 15) is 9.90 Å². The molecular weight excluding hydrogens is 278 g/mol. The van der Waals surface area contributed by atoms with Gasteiger partial charge in [0.2, 0.25) is 0 Å². The first-order valence-corrected chi connectivity index (χ1v) is 7.40. The number of nitrogens with one attached hydrogen (secondary N) is 1. The molecule has 0 saturated carbocycles. The van der Waals surface area contributed by atoms with Gasteiger partial charge in [-0.15, -0.1) is 0 Å². The summed E-state index contributed by atoms with van der Waals surface area (Å²) in [5.74, 6) is -0.388. The van der Waals surface area contributed by atoms with Gasteiger partial charge < -0.3 is 15.2 Å². The van der Waals surface area contributed by atoms with Gasteiger partial charge in [-0.2, -0.15) is 0 Å². The van der Waals surface area contributed by atoms with E-state index >= 15 is 0 Å². The van der Waals surface area contributed by atoms with E-state index in [1.807, 2.05) is 42.5 Å². The SMILES string of the molecule is CCOC(=O)CC(O)c1ccc(NCc2ccccc2)cc1. The summed E-state index contributed by atoms with van der Waals surface area (Å²) in [5.41, 5.74) is 2.88. The van der Waals surface area contributed by atoms with Crippen LogP contribution in [0.5, 0.6) is 0 Å². The van der Waals surface area contributed by atoms with Gasteiger partial charge in [0.1, 0.15) is 0 Å². The third-order valence-corrected chi connectivity index (χ3v) is 3.30. The molecule has 2 rings (SSSR count). The van der Waals surface area contributed by atoms with Crippen LogP contribution >= 0.6 is 0 Å². The number of aliphatic hydroxyl groups is 1. The van der Waals surface area contributed by atoms with Gasteiger partial charge in [0, 0.05) is 12.2 Å². The Bertz CT molecular complexity index is 581. The maximum Gasteiger partial charge on any atom is 0.308 e. The minimum Gasteiger partial charge on any atom is -0.466 e. The molecule has 0 amide bonds. The second kappa shape index (κ2) is 8.20. The van der Waals surface area contributed by atoms with E-state index in [0.717, 1.165) is 12.2 Å². The quantitative estimate of drug-likeness (QED) is 0.770. The van der Waals surface area contributed by atoms with Gasteiger partial charge in [-0.05, 0) is 30.2 Å². The number of aliphatic hydroxyl groups excluding tert-OH is 1. The van der Waals surface area contributed by atoms with Crippen LogP contribution in [-0.2, 0) is 16.1 Å². The average molecular weight is 299 g/mol. The average Bonchev–Trinajstić information content (AvgIpc) is 2.54. The van der Waals surface area contributed by atoms with E-state index in [0.29, 0.717) is 12.2 Å². The highest BCUT2D eigenvalue weighted by atomic mass is 16.5. The molecule has 2 N–H and O–H groups in total. The molecule has 1 unspecified atom stereocenters. The molecule has 0 saturated heterocycles. The van der Waals surface area contributed by atoms with Crippen LogP contribution in [0, 0.1) is 0 Å². The lowest BCUT2D eigenvalue weighted by Crippen LogP contribution is -2.10. The van der Waals surface area contributed by atoms with Gasteiger partial charge in [0.05, 0.1) is 19.1 Å². The van der Waals surface area contributed by atoms with Gasteiger partial charge in [-0.3, -0.25) is 4.79 Å². The Labute approximate surface area is 130 Å². The van der Waals surface area contributed by atoms with E-state index in [4.69, 9.17) is 4.74 Å². The Morgan fingerprint density at radius 2 is 1.82 bits per heavy atom. The summed E-state index contributed by atoms with van der Waals surface area (Å²) in [6, 6.07) is 17.5. The molecule has 2 aromatic carbocycles. The molecule has 0 spiro atoms. The molecule has 0 aliphatic heterocycles. The van der Waals surface area contributed by atoms with Crippen LogP contribution in [0.1, 0.15) is 30.6 Å². The maximum absolute atomic E-state index is 11.4. The highest BCUT2D eigenvalue weighted by Crippen LogP contribution is 2.20. The van der Waals surface area contributed by atoms with Crippen LogP contribution in [0.25, 0.3) is 0 Å². The smallest absolute Gasteiger partial charge is 0.308 e. The third-order valence-electron chi connectivity index (χ3n) is 3.30. The van der Waals surface area contributed by atoms with Crippen molar-refractivity contribution in [3.05, 3.63) is 65.7 Å². The molecule has 4 heteroatoms. The highest BCUT2D eigenvalue weighted by molar-refractivity contribution is 5.70. The molecule has 0 bridgehead atoms. The minimum absolute atomic E-state index is 0.0232. The lowest BCUT2D eigenvalue weighted by atomic mass is 10.1. The van der Waals surface area contributed by atoms with Crippen molar-refractivity contribution in [2.45, 2.75) is 26.0 Å². The largest absolute Gasteiger partial charge is 0.466 e. The first kappa shape index (κ1) is 16.0. The summed E-state index contributed by atoms with van der Waals surface area (Å²) in [5, 5.41) is 13.3. The van der Waals surface area contributed by atoms with Crippen molar-refractivity contribution in [3.63, 3.8) is 0 Å². The summed E-state index contributed by atoms with van der Waals surface area (Å²) in [7, 11) is 0. The number of rotatable bonds is 7. The Hall–Kier alpha value is -2.33. The number of anilines is 1. The van der Waals surface area contributed by atoms with Crippen molar-refractivity contribution in [2.24, 2.45) is 0 Å². The lowest BCUT2D eigenvalue weighted by Gasteiger charge is -2.12. The summed E-state index contributed by atoms with van der Waals surface area (Å²) in [6.45, 7) is 2.82. The molecule has 116 valence electrons. The fourth-order valence-corrected chi connectivity index (χ4v) is 2.12. The first-order chi connectivity index (χ1) is 10.7. The number of benzene rings is 2. The Morgan fingerprint density at radius 1 is 1.14 bits per heavy atom. The van der Waals surface area contributed by atoms with E-state index in [1.165, 1.54) is 5.56 Å². The molecule has 0 heterocycles. The highest BCUT2D eigenvalue weighted by Gasteiger charge is 2.13. The molecular formula is C18H21NO3. The summed E-state index contributed by atoms with van der Waals surface area (Å²) in [4.78, 5) is 11.4. The van der Waals surface area contributed by atoms with E-state index in [1.54, 1.807) is 6.92 Å². The molecule has 0 radical (unpaired) electrons. The molecule has 0 aliphatic rings. The predicted octanol–water partition coefficient (Wildman–Crippen LogP) is 3.29. The van der Waals surface area contributed by atoms with Crippen LogP contribution in [0.15, 0.2) is 54.6 Å². The zero-order valence-corrected chi connectivity index (χ0v) is 12.7. The standard InChI is InChI=1S/C18H21NO3/c1-2-22-18(21)12-17(20)15-8-10-16(11-9-15)19-13-14-6-4-3-5-7-14/h3-11,17,19-20H,2,12-13H2,1H3. The van der Waals surface area contributed by atoms with E-state index in [2.05, 4.69) is 17.4 Å². The van der Waals surface area contributed by atoms with Gasteiger partial charge in [-0.1, -0.05) is 42.5 Å². The fourth-order valence-electron chi connectivity index (χ4n) is 2.12. The van der Waals surface area contributed by atoms with Crippen molar-refractivity contribution < 1.29 is 14.6 Å². The molecule has 0 aromatic heterocycles. The first-order valence-electron chi connectivity index (χ1n) is 7.40. The number of esters is 1. The molecule has 0 fully saturated rings. The lowest BCUT2D eigenvalue weighted by molar-refractivity contribution is -0.145. The Kier molecular flexibility index (Phi) is 5.98. The van der Waals surface area contributed by atoms with Crippen LogP contribution < -0.4 is 5.32 Å². The zero-order chi connectivity index (χ0) is 15.8. The normalized spacial score (nSPS) is 11.7. The van der Waals surface area contributed by atoms with Crippen LogP contribution in [0.4, 0.5) is 5.69 Å². The van der Waals surface area contributed by atoms with Crippen molar-refractivity contribution in [1.82, 2.24) is 0 Å². The third kappa shape index (κ3) is 4.90. The van der Waals surface area contributed by atoms with Crippen molar-refractivity contribution in [2.75, 3.05) is 11.9 Å². The van der Waals surface area contributed by atoms with Crippen molar-refractivity contribution in [1.29, 1.82) is 0 Å². The second-order valence-electron chi connectivity index (χ2n) is 4.99.